The summed E-state index contributed by atoms with van der Waals surface area (Å²) in [5.41, 5.74) is 1.50. The fraction of sp³-hybridized carbons (Fsp3) is 0.176. The van der Waals surface area contributed by atoms with Crippen LogP contribution in [0.5, 0.6) is 11.5 Å². The highest BCUT2D eigenvalue weighted by atomic mass is 19.4. The van der Waals surface area contributed by atoms with Crippen molar-refractivity contribution in [2.45, 2.75) is 12.9 Å². The van der Waals surface area contributed by atoms with E-state index in [0.29, 0.717) is 22.3 Å². The van der Waals surface area contributed by atoms with Gasteiger partial charge >= 0.3 is 6.36 Å². The zero-order valence-electron chi connectivity index (χ0n) is 13.1. The van der Waals surface area contributed by atoms with Crippen molar-refractivity contribution < 1.29 is 22.6 Å². The smallest absolute Gasteiger partial charge is 0.497 e. The summed E-state index contributed by atoms with van der Waals surface area (Å²) in [5, 5.41) is 0. The minimum atomic E-state index is -4.74. The van der Waals surface area contributed by atoms with E-state index < -0.39 is 6.36 Å². The van der Waals surface area contributed by atoms with Gasteiger partial charge in [0, 0.05) is 6.07 Å². The second-order valence-electron chi connectivity index (χ2n) is 5.23. The van der Waals surface area contributed by atoms with E-state index in [0.717, 1.165) is 0 Å². The van der Waals surface area contributed by atoms with Crippen LogP contribution in [0.4, 0.5) is 13.2 Å². The second kappa shape index (κ2) is 6.46. The maximum atomic E-state index is 12.2. The third-order valence-corrected chi connectivity index (χ3v) is 3.55. The zero-order valence-corrected chi connectivity index (χ0v) is 13.1. The third kappa shape index (κ3) is 3.90. The van der Waals surface area contributed by atoms with E-state index in [9.17, 15) is 18.0 Å². The number of halogens is 3. The Balaban J connectivity index is 1.94. The van der Waals surface area contributed by atoms with E-state index in [-0.39, 0.29) is 17.9 Å². The first-order valence-electron chi connectivity index (χ1n) is 7.24. The van der Waals surface area contributed by atoms with Crippen molar-refractivity contribution in [2.24, 2.45) is 0 Å². The first-order valence-corrected chi connectivity index (χ1v) is 7.24. The molecule has 0 radical (unpaired) electrons. The van der Waals surface area contributed by atoms with Crippen molar-refractivity contribution in [3.8, 4) is 11.5 Å². The van der Waals surface area contributed by atoms with Crippen molar-refractivity contribution in [2.75, 3.05) is 7.11 Å². The summed E-state index contributed by atoms with van der Waals surface area (Å²) in [4.78, 5) is 16.3. The molecule has 0 saturated carbocycles. The molecule has 0 fully saturated rings. The Bertz CT molecular complexity index is 950. The number of nitrogens with zero attached hydrogens (tertiary/aromatic N) is 2. The minimum Gasteiger partial charge on any atom is -0.497 e. The molecule has 130 valence electrons. The molecule has 0 unspecified atom stereocenters. The van der Waals surface area contributed by atoms with Crippen LogP contribution in [0.1, 0.15) is 5.56 Å². The average molecular weight is 350 g/mol. The Morgan fingerprint density at radius 3 is 2.40 bits per heavy atom. The Morgan fingerprint density at radius 1 is 1.08 bits per heavy atom. The van der Waals surface area contributed by atoms with Gasteiger partial charge in [-0.05, 0) is 29.8 Å². The molecule has 0 amide bonds. The summed E-state index contributed by atoms with van der Waals surface area (Å²) in [6.45, 7) is 0.178. The highest BCUT2D eigenvalue weighted by Gasteiger charge is 2.30. The van der Waals surface area contributed by atoms with Gasteiger partial charge in [0.1, 0.15) is 11.5 Å². The quantitative estimate of drug-likeness (QED) is 0.724. The molecule has 0 saturated heterocycles. The molecule has 0 spiro atoms. The number of fused-ring (bicyclic) bond motifs is 1. The van der Waals surface area contributed by atoms with Gasteiger partial charge in [0.15, 0.2) is 0 Å². The molecule has 3 rings (SSSR count). The Labute approximate surface area is 140 Å². The molecule has 0 atom stereocenters. The van der Waals surface area contributed by atoms with E-state index in [1.165, 1.54) is 42.1 Å². The van der Waals surface area contributed by atoms with Gasteiger partial charge in [-0.1, -0.05) is 12.1 Å². The minimum absolute atomic E-state index is 0.178. The number of benzene rings is 2. The standard InChI is InChI=1S/C17H13F3N2O3/c1-24-13-6-7-14-15(8-13)22(16(23)9-21-14)10-11-2-4-12(5-3-11)25-17(18,19)20/h2-9H,10H2,1H3. The lowest BCUT2D eigenvalue weighted by atomic mass is 10.2. The van der Waals surface area contributed by atoms with Crippen LogP contribution in [-0.2, 0) is 6.54 Å². The van der Waals surface area contributed by atoms with Crippen LogP contribution >= 0.6 is 0 Å². The molecule has 0 aliphatic rings. The van der Waals surface area contributed by atoms with Crippen molar-refractivity contribution in [1.82, 2.24) is 9.55 Å². The van der Waals surface area contributed by atoms with Gasteiger partial charge in [0.2, 0.25) is 0 Å². The number of hydrogen-bond donors (Lipinski definition) is 0. The van der Waals surface area contributed by atoms with Crippen LogP contribution in [0.2, 0.25) is 0 Å². The lowest BCUT2D eigenvalue weighted by Crippen LogP contribution is -2.21. The summed E-state index contributed by atoms with van der Waals surface area (Å²) in [6, 6.07) is 10.5. The predicted molar refractivity (Wildman–Crippen MR) is 84.8 cm³/mol. The van der Waals surface area contributed by atoms with Gasteiger partial charge in [-0.3, -0.25) is 4.79 Å². The molecule has 5 nitrogen and oxygen atoms in total. The van der Waals surface area contributed by atoms with Crippen LogP contribution in [-0.4, -0.2) is 23.0 Å². The van der Waals surface area contributed by atoms with E-state index in [4.69, 9.17) is 4.74 Å². The average Bonchev–Trinajstić information content (AvgIpc) is 2.57. The molecule has 1 heterocycles. The van der Waals surface area contributed by atoms with E-state index in [2.05, 4.69) is 9.72 Å². The van der Waals surface area contributed by atoms with Crippen LogP contribution < -0.4 is 15.0 Å². The zero-order chi connectivity index (χ0) is 18.0. The fourth-order valence-electron chi connectivity index (χ4n) is 2.41. The molecular weight excluding hydrogens is 337 g/mol. The van der Waals surface area contributed by atoms with E-state index in [1.807, 2.05) is 0 Å². The van der Waals surface area contributed by atoms with Crippen LogP contribution in [0.15, 0.2) is 53.5 Å². The largest absolute Gasteiger partial charge is 0.573 e. The topological polar surface area (TPSA) is 53.3 Å². The van der Waals surface area contributed by atoms with Crippen molar-refractivity contribution in [3.05, 3.63) is 64.6 Å². The molecule has 0 aliphatic heterocycles. The lowest BCUT2D eigenvalue weighted by molar-refractivity contribution is -0.274. The molecule has 2 aromatic carbocycles. The van der Waals surface area contributed by atoms with E-state index in [1.54, 1.807) is 18.2 Å². The number of alkyl halides is 3. The molecule has 0 bridgehead atoms. The first-order chi connectivity index (χ1) is 11.9. The maximum absolute atomic E-state index is 12.2. The first kappa shape index (κ1) is 16.8. The number of ether oxygens (including phenoxy) is 2. The van der Waals surface area contributed by atoms with Crippen LogP contribution in [0, 0.1) is 0 Å². The van der Waals surface area contributed by atoms with Crippen molar-refractivity contribution in [1.29, 1.82) is 0 Å². The number of methoxy groups -OCH3 is 1. The number of aromatic nitrogens is 2. The lowest BCUT2D eigenvalue weighted by Gasteiger charge is -2.12. The normalized spacial score (nSPS) is 11.5. The van der Waals surface area contributed by atoms with Crippen LogP contribution in [0.3, 0.4) is 0 Å². The summed E-state index contributed by atoms with van der Waals surface area (Å²) >= 11 is 0. The van der Waals surface area contributed by atoms with Crippen molar-refractivity contribution in [3.63, 3.8) is 0 Å². The summed E-state index contributed by atoms with van der Waals surface area (Å²) < 4.78 is 47.1. The molecular formula is C17H13F3N2O3. The Hall–Kier alpha value is -3.03. The molecule has 8 heteroatoms. The predicted octanol–water partition coefficient (Wildman–Crippen LogP) is 3.35. The van der Waals surface area contributed by atoms with E-state index >= 15 is 0 Å². The second-order valence-corrected chi connectivity index (χ2v) is 5.23. The van der Waals surface area contributed by atoms with Crippen LogP contribution in [0.25, 0.3) is 11.0 Å². The highest BCUT2D eigenvalue weighted by Crippen LogP contribution is 2.23. The molecule has 0 aliphatic carbocycles. The number of hydrogen-bond acceptors (Lipinski definition) is 4. The van der Waals surface area contributed by atoms with Gasteiger partial charge in [-0.25, -0.2) is 4.98 Å². The molecule has 1 aromatic heterocycles. The van der Waals surface area contributed by atoms with Crippen molar-refractivity contribution >= 4 is 11.0 Å². The molecule has 3 aromatic rings. The summed E-state index contributed by atoms with van der Waals surface area (Å²) in [6.07, 6.45) is -3.54. The van der Waals surface area contributed by atoms with Gasteiger partial charge in [-0.2, -0.15) is 0 Å². The fourth-order valence-corrected chi connectivity index (χ4v) is 2.41. The molecule has 0 N–H and O–H groups in total. The molecule has 25 heavy (non-hydrogen) atoms. The Morgan fingerprint density at radius 2 is 1.76 bits per heavy atom. The summed E-state index contributed by atoms with van der Waals surface area (Å²) in [5.74, 6) is 0.257. The SMILES string of the molecule is COc1ccc2ncc(=O)n(Cc3ccc(OC(F)(F)F)cc3)c2c1. The van der Waals surface area contributed by atoms with Gasteiger partial charge < -0.3 is 14.0 Å². The van der Waals surface area contributed by atoms with Gasteiger partial charge in [0.05, 0.1) is 30.9 Å². The Kier molecular flexibility index (Phi) is 4.35. The third-order valence-electron chi connectivity index (χ3n) is 3.55. The number of rotatable bonds is 4. The highest BCUT2D eigenvalue weighted by molar-refractivity contribution is 5.76. The summed E-state index contributed by atoms with van der Waals surface area (Å²) in [7, 11) is 1.51. The maximum Gasteiger partial charge on any atom is 0.573 e. The van der Waals surface area contributed by atoms with Gasteiger partial charge in [0.25, 0.3) is 5.56 Å². The van der Waals surface area contributed by atoms with Gasteiger partial charge in [-0.15, -0.1) is 13.2 Å². The monoisotopic (exact) mass is 350 g/mol.